The third kappa shape index (κ3) is 2.79. The van der Waals surface area contributed by atoms with Crippen molar-refractivity contribution in [3.63, 3.8) is 0 Å². The number of nitro benzene ring substituents is 1. The first-order chi connectivity index (χ1) is 10.1. The summed E-state index contributed by atoms with van der Waals surface area (Å²) in [5.74, 6) is -8.83. The molecule has 0 heterocycles. The maximum Gasteiger partial charge on any atom is 0.457 e. The smallest absolute Gasteiger partial charge is 0.258 e. The zero-order chi connectivity index (χ0) is 18.4. The number of alkyl halides is 9. The van der Waals surface area contributed by atoms with E-state index in [4.69, 9.17) is 0 Å². The van der Waals surface area contributed by atoms with Crippen molar-refractivity contribution in [2.24, 2.45) is 0 Å². The van der Waals surface area contributed by atoms with Crippen LogP contribution >= 0.6 is 0 Å². The maximum absolute atomic E-state index is 13.9. The number of rotatable bonds is 3. The predicted octanol–water partition coefficient (Wildman–Crippen LogP) is 4.66. The van der Waals surface area contributed by atoms with Crippen LogP contribution in [0, 0.1) is 15.9 Å². The summed E-state index contributed by atoms with van der Waals surface area (Å²) in [6.07, 6.45) is -13.8. The molecule has 3 nitrogen and oxygen atoms in total. The van der Waals surface area contributed by atoms with Gasteiger partial charge in [-0.3, -0.25) is 10.1 Å². The van der Waals surface area contributed by atoms with Crippen LogP contribution in [0.1, 0.15) is 5.56 Å². The second kappa shape index (κ2) is 5.23. The van der Waals surface area contributed by atoms with E-state index in [1.807, 2.05) is 0 Å². The quantitative estimate of drug-likeness (QED) is 0.448. The van der Waals surface area contributed by atoms with Crippen LogP contribution in [-0.4, -0.2) is 23.2 Å². The molecule has 130 valence electrons. The molecule has 0 radical (unpaired) electrons. The minimum Gasteiger partial charge on any atom is -0.258 e. The highest BCUT2D eigenvalue weighted by Gasteiger charge is 2.81. The van der Waals surface area contributed by atoms with Crippen molar-refractivity contribution in [2.75, 3.05) is 0 Å². The fourth-order valence-corrected chi connectivity index (χ4v) is 1.59. The topological polar surface area (TPSA) is 43.1 Å². The van der Waals surface area contributed by atoms with Crippen LogP contribution in [0.3, 0.4) is 0 Å². The van der Waals surface area contributed by atoms with Crippen molar-refractivity contribution >= 4 is 5.69 Å². The molecule has 0 fully saturated rings. The van der Waals surface area contributed by atoms with E-state index in [1.165, 1.54) is 0 Å². The van der Waals surface area contributed by atoms with Crippen LogP contribution in [0.5, 0.6) is 0 Å². The predicted molar refractivity (Wildman–Crippen MR) is 52.9 cm³/mol. The van der Waals surface area contributed by atoms with Crippen LogP contribution in [0.4, 0.5) is 49.6 Å². The van der Waals surface area contributed by atoms with Gasteiger partial charge in [-0.05, 0) is 6.07 Å². The van der Waals surface area contributed by atoms with Gasteiger partial charge in [0.1, 0.15) is 0 Å². The second-order valence-electron chi connectivity index (χ2n) is 4.15. The molecule has 13 heteroatoms. The number of nitro groups is 1. The number of benzene rings is 1. The molecule has 0 aliphatic rings. The van der Waals surface area contributed by atoms with E-state index in [-0.39, 0.29) is 12.1 Å². The van der Waals surface area contributed by atoms with Gasteiger partial charge < -0.3 is 0 Å². The molecule has 0 aromatic heterocycles. The van der Waals surface area contributed by atoms with Gasteiger partial charge in [-0.25, -0.2) is 4.39 Å². The van der Waals surface area contributed by atoms with Crippen LogP contribution in [0.2, 0.25) is 0 Å². The molecule has 0 saturated carbocycles. The minimum absolute atomic E-state index is 0.222. The highest BCUT2D eigenvalue weighted by atomic mass is 19.4. The Labute approximate surface area is 119 Å². The Bertz CT molecular complexity index is 623. The van der Waals surface area contributed by atoms with Crippen LogP contribution in [-0.2, 0) is 5.67 Å². The normalized spacial score (nSPS) is 16.1. The molecule has 0 N–H and O–H groups in total. The molecular formula is C10H3F10NO2. The highest BCUT2D eigenvalue weighted by Crippen LogP contribution is 2.58. The molecule has 0 aliphatic heterocycles. The number of halogens is 10. The Hall–Kier alpha value is -2.08. The fraction of sp³-hybridized carbons (Fsp3) is 0.400. The van der Waals surface area contributed by atoms with Crippen molar-refractivity contribution in [1.29, 1.82) is 0 Å². The van der Waals surface area contributed by atoms with Crippen molar-refractivity contribution in [1.82, 2.24) is 0 Å². The molecule has 0 bridgehead atoms. The molecule has 1 unspecified atom stereocenters. The molecule has 1 aromatic carbocycles. The average Bonchev–Trinajstić information content (AvgIpc) is 2.35. The molecule has 0 spiro atoms. The van der Waals surface area contributed by atoms with E-state index in [1.54, 1.807) is 0 Å². The summed E-state index contributed by atoms with van der Waals surface area (Å²) in [6.45, 7) is 0. The van der Waals surface area contributed by atoms with Crippen molar-refractivity contribution in [3.8, 4) is 0 Å². The molecule has 23 heavy (non-hydrogen) atoms. The van der Waals surface area contributed by atoms with Gasteiger partial charge in [-0.15, -0.1) is 0 Å². The summed E-state index contributed by atoms with van der Waals surface area (Å²) in [7, 11) is 0. The Morgan fingerprint density at radius 1 is 0.870 bits per heavy atom. The molecule has 1 rings (SSSR count). The lowest BCUT2D eigenvalue weighted by atomic mass is 9.87. The van der Waals surface area contributed by atoms with Gasteiger partial charge in [0.2, 0.25) is 5.82 Å². The molecule has 0 amide bonds. The van der Waals surface area contributed by atoms with Gasteiger partial charge in [-0.2, -0.15) is 39.5 Å². The van der Waals surface area contributed by atoms with E-state index in [9.17, 15) is 54.0 Å². The summed E-state index contributed by atoms with van der Waals surface area (Å²) in [5.41, 5.74) is -10.7. The summed E-state index contributed by atoms with van der Waals surface area (Å²) in [5, 5.41) is 10.3. The van der Waals surface area contributed by atoms with Crippen molar-refractivity contribution in [3.05, 3.63) is 39.7 Å². The Morgan fingerprint density at radius 2 is 1.35 bits per heavy atom. The molecule has 0 aliphatic carbocycles. The zero-order valence-corrected chi connectivity index (χ0v) is 10.3. The SMILES string of the molecule is O=[N+]([O-])c1cc(C(F)(C(F)(F)F)C(F)(F)C(F)(F)F)ccc1F. The molecule has 1 aromatic rings. The summed E-state index contributed by atoms with van der Waals surface area (Å²) >= 11 is 0. The lowest BCUT2D eigenvalue weighted by molar-refractivity contribution is -0.392. The molecular weight excluding hydrogens is 356 g/mol. The number of nitrogens with zero attached hydrogens (tertiary/aromatic N) is 1. The number of hydrogen-bond donors (Lipinski definition) is 0. The Morgan fingerprint density at radius 3 is 1.70 bits per heavy atom. The Kier molecular flexibility index (Phi) is 4.31. The summed E-state index contributed by atoms with van der Waals surface area (Å²) in [4.78, 5) is 8.64. The van der Waals surface area contributed by atoms with E-state index in [0.717, 1.165) is 0 Å². The van der Waals surface area contributed by atoms with Crippen molar-refractivity contribution < 1.29 is 48.8 Å². The van der Waals surface area contributed by atoms with E-state index >= 15 is 0 Å². The van der Waals surface area contributed by atoms with Crippen molar-refractivity contribution in [2.45, 2.75) is 23.9 Å². The maximum atomic E-state index is 13.9. The monoisotopic (exact) mass is 359 g/mol. The van der Waals surface area contributed by atoms with E-state index < -0.39 is 52.0 Å². The van der Waals surface area contributed by atoms with Gasteiger partial charge in [-0.1, -0.05) is 6.07 Å². The average molecular weight is 359 g/mol. The van der Waals surface area contributed by atoms with E-state index in [0.29, 0.717) is 0 Å². The first kappa shape index (κ1) is 19.0. The van der Waals surface area contributed by atoms with Crippen LogP contribution < -0.4 is 0 Å². The zero-order valence-electron chi connectivity index (χ0n) is 10.3. The Balaban J connectivity index is 3.77. The first-order valence-electron chi connectivity index (χ1n) is 5.22. The molecule has 1 atom stereocenters. The van der Waals surface area contributed by atoms with Gasteiger partial charge in [0.15, 0.2) is 0 Å². The first-order valence-corrected chi connectivity index (χ1v) is 5.22. The minimum atomic E-state index is -6.98. The summed E-state index contributed by atoms with van der Waals surface area (Å²) < 4.78 is 128. The van der Waals surface area contributed by atoms with E-state index in [2.05, 4.69) is 0 Å². The van der Waals surface area contributed by atoms with Crippen LogP contribution in [0.15, 0.2) is 18.2 Å². The lowest BCUT2D eigenvalue weighted by Gasteiger charge is -2.35. The third-order valence-electron chi connectivity index (χ3n) is 2.72. The van der Waals surface area contributed by atoms with Gasteiger partial charge in [0.05, 0.1) is 4.92 Å². The standard InChI is InChI=1S/C10H3F10NO2/c11-5-2-1-4(3-6(5)21(22)23)7(12,9(15,16)17)8(13,14)10(18,19)20/h1-3H. The van der Waals surface area contributed by atoms with Gasteiger partial charge in [0, 0.05) is 11.6 Å². The summed E-state index contributed by atoms with van der Waals surface area (Å²) in [6, 6.07) is -1.27. The van der Waals surface area contributed by atoms with Crippen LogP contribution in [0.25, 0.3) is 0 Å². The largest absolute Gasteiger partial charge is 0.457 e. The fourth-order valence-electron chi connectivity index (χ4n) is 1.59. The molecule has 0 saturated heterocycles. The highest BCUT2D eigenvalue weighted by molar-refractivity contribution is 5.41. The van der Waals surface area contributed by atoms with Gasteiger partial charge in [0.25, 0.3) is 0 Å². The number of hydrogen-bond acceptors (Lipinski definition) is 2. The second-order valence-corrected chi connectivity index (χ2v) is 4.15. The third-order valence-corrected chi connectivity index (χ3v) is 2.72. The van der Waals surface area contributed by atoms with Gasteiger partial charge >= 0.3 is 29.6 Å². The lowest BCUT2D eigenvalue weighted by Crippen LogP contribution is -2.59.